The van der Waals surface area contributed by atoms with Gasteiger partial charge in [-0.15, -0.1) is 0 Å². The first kappa shape index (κ1) is 27.7. The summed E-state index contributed by atoms with van der Waals surface area (Å²) in [6.07, 6.45) is 0. The quantitative estimate of drug-likeness (QED) is 0.266. The van der Waals surface area contributed by atoms with Crippen molar-refractivity contribution in [1.29, 1.82) is 0 Å². The Balaban J connectivity index is 1.42. The molecule has 0 unspecified atom stereocenters. The van der Waals surface area contributed by atoms with Crippen molar-refractivity contribution in [1.82, 2.24) is 9.80 Å². The molecule has 8 heteroatoms. The number of hydrogen-bond donors (Lipinski definition) is 1. The summed E-state index contributed by atoms with van der Waals surface area (Å²) in [7, 11) is -1.71. The molecule has 1 saturated heterocycles. The molecule has 2 aromatic carbocycles. The van der Waals surface area contributed by atoms with E-state index in [1.807, 2.05) is 53.4 Å². The number of amides is 1. The fourth-order valence-electron chi connectivity index (χ4n) is 3.64. The molecule has 1 heterocycles. The third-order valence-corrected chi connectivity index (χ3v) is 12.7. The molecule has 0 saturated carbocycles. The predicted molar refractivity (Wildman–Crippen MR) is 148 cm³/mol. The van der Waals surface area contributed by atoms with Crippen LogP contribution in [0.15, 0.2) is 58.3 Å². The minimum Gasteiger partial charge on any atom is -0.414 e. The minimum atomic E-state index is -1.71. The molecule has 3 rings (SSSR count). The van der Waals surface area contributed by atoms with Gasteiger partial charge in [0.25, 0.3) is 5.91 Å². The van der Waals surface area contributed by atoms with E-state index in [0.29, 0.717) is 19.8 Å². The molecule has 2 aromatic rings. The Kier molecular flexibility index (Phi) is 9.83. The van der Waals surface area contributed by atoms with Crippen molar-refractivity contribution in [3.05, 3.63) is 54.1 Å². The number of ether oxygens (including phenoxy) is 1. The van der Waals surface area contributed by atoms with Crippen LogP contribution in [0.1, 0.15) is 31.1 Å². The first-order valence-corrected chi connectivity index (χ1v) is 16.2. The van der Waals surface area contributed by atoms with Crippen LogP contribution in [-0.2, 0) is 9.16 Å². The molecular formula is C27H41N3O3SSi. The number of para-hydroxylation sites is 1. The van der Waals surface area contributed by atoms with Crippen molar-refractivity contribution < 1.29 is 14.0 Å². The van der Waals surface area contributed by atoms with Crippen LogP contribution in [0.3, 0.4) is 0 Å². The summed E-state index contributed by atoms with van der Waals surface area (Å²) < 4.78 is 12.0. The Labute approximate surface area is 216 Å². The number of nitrogens with zero attached hydrogens (tertiary/aromatic N) is 2. The lowest BCUT2D eigenvalue weighted by atomic mass is 10.2. The van der Waals surface area contributed by atoms with E-state index < -0.39 is 8.32 Å². The van der Waals surface area contributed by atoms with Gasteiger partial charge in [0.15, 0.2) is 8.32 Å². The molecule has 1 amide bonds. The minimum absolute atomic E-state index is 0.0845. The van der Waals surface area contributed by atoms with Crippen molar-refractivity contribution in [2.75, 3.05) is 58.3 Å². The van der Waals surface area contributed by atoms with Gasteiger partial charge in [0.2, 0.25) is 0 Å². The van der Waals surface area contributed by atoms with Gasteiger partial charge < -0.3 is 19.8 Å². The Hall–Kier alpha value is -1.84. The van der Waals surface area contributed by atoms with Gasteiger partial charge in [-0.1, -0.05) is 56.8 Å². The molecule has 2 N–H and O–H groups in total. The number of anilines is 1. The fourth-order valence-corrected chi connectivity index (χ4v) is 5.65. The van der Waals surface area contributed by atoms with Crippen LogP contribution < -0.4 is 5.73 Å². The maximum atomic E-state index is 13.3. The van der Waals surface area contributed by atoms with E-state index in [2.05, 4.69) is 38.8 Å². The zero-order chi connectivity index (χ0) is 25.5. The summed E-state index contributed by atoms with van der Waals surface area (Å²) in [5.41, 5.74) is 7.58. The average molecular weight is 516 g/mol. The zero-order valence-electron chi connectivity index (χ0n) is 21.9. The molecule has 35 heavy (non-hydrogen) atoms. The number of rotatable bonds is 10. The molecule has 1 aliphatic heterocycles. The topological polar surface area (TPSA) is 68.0 Å². The van der Waals surface area contributed by atoms with Gasteiger partial charge in [-0.25, -0.2) is 0 Å². The summed E-state index contributed by atoms with van der Waals surface area (Å²) >= 11 is 1.55. The van der Waals surface area contributed by atoms with Gasteiger partial charge in [0, 0.05) is 48.2 Å². The van der Waals surface area contributed by atoms with Crippen LogP contribution in [0.25, 0.3) is 0 Å². The van der Waals surface area contributed by atoms with Gasteiger partial charge in [-0.3, -0.25) is 9.69 Å². The third kappa shape index (κ3) is 7.82. The van der Waals surface area contributed by atoms with Crippen LogP contribution in [0, 0.1) is 0 Å². The van der Waals surface area contributed by atoms with E-state index in [0.717, 1.165) is 53.8 Å². The molecule has 6 nitrogen and oxygen atoms in total. The monoisotopic (exact) mass is 515 g/mol. The fraction of sp³-hybridized carbons (Fsp3) is 0.519. The Morgan fingerprint density at radius 2 is 1.57 bits per heavy atom. The van der Waals surface area contributed by atoms with E-state index >= 15 is 0 Å². The number of nitrogens with two attached hydrogens (primary N) is 1. The van der Waals surface area contributed by atoms with Crippen molar-refractivity contribution in [3.63, 3.8) is 0 Å². The number of nitrogen functional groups attached to an aromatic ring is 1. The lowest BCUT2D eigenvalue weighted by molar-refractivity contribution is 0.0493. The van der Waals surface area contributed by atoms with Crippen molar-refractivity contribution in [3.8, 4) is 0 Å². The highest BCUT2D eigenvalue weighted by Gasteiger charge is 2.36. The number of carbonyl (C=O) groups excluding carboxylic acids is 1. The first-order chi connectivity index (χ1) is 16.6. The highest BCUT2D eigenvalue weighted by Crippen LogP contribution is 2.36. The first-order valence-electron chi connectivity index (χ1n) is 12.4. The van der Waals surface area contributed by atoms with Crippen LogP contribution in [0.4, 0.5) is 5.69 Å². The molecule has 192 valence electrons. The Bertz CT molecular complexity index is 972. The number of carbonyl (C=O) groups is 1. The normalized spacial score (nSPS) is 15.4. The Morgan fingerprint density at radius 1 is 0.943 bits per heavy atom. The molecule has 0 aliphatic carbocycles. The highest BCUT2D eigenvalue weighted by molar-refractivity contribution is 7.99. The van der Waals surface area contributed by atoms with Crippen LogP contribution in [0.2, 0.25) is 18.1 Å². The lowest BCUT2D eigenvalue weighted by Gasteiger charge is -2.36. The van der Waals surface area contributed by atoms with Crippen LogP contribution in [0.5, 0.6) is 0 Å². The smallest absolute Gasteiger partial charge is 0.255 e. The van der Waals surface area contributed by atoms with Gasteiger partial charge in [0.1, 0.15) is 0 Å². The van der Waals surface area contributed by atoms with E-state index in [9.17, 15) is 4.79 Å². The SMILES string of the molecule is CC(C)(C)[Si](C)(C)OCCOCCN1CCN(C(=O)c2ccccc2Sc2ccccc2N)CC1. The summed E-state index contributed by atoms with van der Waals surface area (Å²) in [6.45, 7) is 17.3. The van der Waals surface area contributed by atoms with E-state index in [1.54, 1.807) is 11.8 Å². The van der Waals surface area contributed by atoms with Crippen LogP contribution >= 0.6 is 11.8 Å². The van der Waals surface area contributed by atoms with E-state index in [-0.39, 0.29) is 10.9 Å². The molecule has 0 atom stereocenters. The number of benzene rings is 2. The maximum Gasteiger partial charge on any atom is 0.255 e. The molecular weight excluding hydrogens is 474 g/mol. The maximum absolute atomic E-state index is 13.3. The van der Waals surface area contributed by atoms with Gasteiger partial charge in [-0.05, 0) is 42.4 Å². The predicted octanol–water partition coefficient (Wildman–Crippen LogP) is 5.22. The summed E-state index contributed by atoms with van der Waals surface area (Å²) in [6, 6.07) is 15.6. The number of piperazine rings is 1. The van der Waals surface area contributed by atoms with E-state index in [1.165, 1.54) is 0 Å². The zero-order valence-corrected chi connectivity index (χ0v) is 23.7. The second-order valence-electron chi connectivity index (χ2n) is 10.5. The largest absolute Gasteiger partial charge is 0.414 e. The summed E-state index contributed by atoms with van der Waals surface area (Å²) in [4.78, 5) is 19.5. The number of hydrogen-bond acceptors (Lipinski definition) is 6. The second kappa shape index (κ2) is 12.4. The highest BCUT2D eigenvalue weighted by atomic mass is 32.2. The standard InChI is InChI=1S/C27H41N3O3SSi/c1-27(2,3)35(4,5)33-21-20-32-19-18-29-14-16-30(17-15-29)26(31)22-10-6-8-12-24(22)34-25-13-9-7-11-23(25)28/h6-13H,14-21,28H2,1-5H3. The van der Waals surface area contributed by atoms with Gasteiger partial charge in [0.05, 0.1) is 25.4 Å². The molecule has 0 spiro atoms. The van der Waals surface area contributed by atoms with Crippen LogP contribution in [-0.4, -0.2) is 76.6 Å². The summed E-state index contributed by atoms with van der Waals surface area (Å²) in [5, 5.41) is 0.220. The van der Waals surface area contributed by atoms with Crippen molar-refractivity contribution in [2.24, 2.45) is 0 Å². The van der Waals surface area contributed by atoms with E-state index in [4.69, 9.17) is 14.9 Å². The third-order valence-electron chi connectivity index (χ3n) is 6.96. The van der Waals surface area contributed by atoms with Gasteiger partial charge >= 0.3 is 0 Å². The molecule has 1 aliphatic rings. The molecule has 0 aromatic heterocycles. The van der Waals surface area contributed by atoms with Gasteiger partial charge in [-0.2, -0.15) is 0 Å². The molecule has 0 radical (unpaired) electrons. The molecule has 0 bridgehead atoms. The second-order valence-corrected chi connectivity index (χ2v) is 16.4. The average Bonchev–Trinajstić information content (AvgIpc) is 2.82. The Morgan fingerprint density at radius 3 is 2.23 bits per heavy atom. The van der Waals surface area contributed by atoms with Crippen molar-refractivity contribution in [2.45, 2.75) is 48.7 Å². The lowest BCUT2D eigenvalue weighted by Crippen LogP contribution is -2.49. The molecule has 1 fully saturated rings. The van der Waals surface area contributed by atoms with Crippen molar-refractivity contribution >= 4 is 31.7 Å². The summed E-state index contributed by atoms with van der Waals surface area (Å²) in [5.74, 6) is 0.0845.